The minimum Gasteiger partial charge on any atom is -0.362 e. The molecule has 1 fully saturated rings. The Morgan fingerprint density at radius 3 is 1.71 bits per heavy atom. The van der Waals surface area contributed by atoms with Crippen molar-refractivity contribution >= 4 is 23.2 Å². The molecule has 1 saturated carbocycles. The summed E-state index contributed by atoms with van der Waals surface area (Å²) in [4.78, 5) is 12.1. The number of carbonyl (C=O) groups excluding carboxylic acids is 1. The monoisotopic (exact) mass is 410 g/mol. The summed E-state index contributed by atoms with van der Waals surface area (Å²) in [5, 5.41) is 6.59. The lowest BCUT2D eigenvalue weighted by Crippen LogP contribution is -2.42. The first-order valence-electron chi connectivity index (χ1n) is 12.3. The largest absolute Gasteiger partial charge is 0.362 e. The maximum atomic E-state index is 12.1. The number of thiocarbonyl (C=S) groups is 1. The van der Waals surface area contributed by atoms with Gasteiger partial charge in [-0.3, -0.25) is 4.79 Å². The van der Waals surface area contributed by atoms with Crippen molar-refractivity contribution in [2.75, 3.05) is 6.54 Å². The van der Waals surface area contributed by atoms with Crippen LogP contribution in [-0.2, 0) is 4.79 Å². The van der Waals surface area contributed by atoms with Crippen LogP contribution >= 0.6 is 12.2 Å². The third-order valence-electron chi connectivity index (χ3n) is 6.03. The van der Waals surface area contributed by atoms with E-state index < -0.39 is 0 Å². The molecule has 0 unspecified atom stereocenters. The minimum atomic E-state index is 0.123. The molecule has 0 spiro atoms. The van der Waals surface area contributed by atoms with E-state index in [4.69, 9.17) is 12.2 Å². The van der Waals surface area contributed by atoms with Gasteiger partial charge < -0.3 is 10.6 Å². The van der Waals surface area contributed by atoms with Gasteiger partial charge in [-0.1, -0.05) is 110 Å². The molecule has 0 atom stereocenters. The van der Waals surface area contributed by atoms with E-state index in [2.05, 4.69) is 17.6 Å². The number of hydrogen-bond donors (Lipinski definition) is 2. The number of nitrogens with one attached hydrogen (secondary N) is 2. The number of carbonyl (C=O) groups is 1. The normalized spacial score (nSPS) is 14.8. The van der Waals surface area contributed by atoms with Gasteiger partial charge in [-0.25, -0.2) is 0 Å². The average molecular weight is 411 g/mol. The number of rotatable bonds is 16. The van der Waals surface area contributed by atoms with Gasteiger partial charge in [0.2, 0.25) is 5.91 Å². The molecule has 3 nitrogen and oxygen atoms in total. The maximum Gasteiger partial charge on any atom is 0.229 e. The number of unbranched alkanes of at least 4 members (excludes halogenated alkanes) is 13. The average Bonchev–Trinajstić information content (AvgIpc) is 2.71. The van der Waals surface area contributed by atoms with Crippen LogP contribution in [0.1, 0.15) is 129 Å². The van der Waals surface area contributed by atoms with Crippen molar-refractivity contribution < 1.29 is 4.79 Å². The van der Waals surface area contributed by atoms with Crippen LogP contribution in [0.5, 0.6) is 0 Å². The molecule has 28 heavy (non-hydrogen) atoms. The molecular weight excluding hydrogens is 364 g/mol. The van der Waals surface area contributed by atoms with Crippen LogP contribution in [0.25, 0.3) is 0 Å². The lowest BCUT2D eigenvalue weighted by Gasteiger charge is -2.21. The highest BCUT2D eigenvalue weighted by Gasteiger charge is 2.21. The number of hydrogen-bond acceptors (Lipinski definition) is 2. The predicted octanol–water partition coefficient (Wildman–Crippen LogP) is 7.04. The molecular formula is C24H46N2OS. The highest BCUT2D eigenvalue weighted by atomic mass is 32.1. The fourth-order valence-electron chi connectivity index (χ4n) is 4.14. The van der Waals surface area contributed by atoms with Crippen molar-refractivity contribution in [2.24, 2.45) is 5.92 Å². The van der Waals surface area contributed by atoms with Gasteiger partial charge >= 0.3 is 0 Å². The molecule has 1 aliphatic rings. The molecule has 0 aromatic rings. The van der Waals surface area contributed by atoms with Gasteiger partial charge in [0.15, 0.2) is 5.11 Å². The SMILES string of the molecule is CCCCCCCCCCCCCCCCNC(=S)NC(=O)C1CCCCC1. The second-order valence-corrected chi connectivity index (χ2v) is 9.08. The van der Waals surface area contributed by atoms with Crippen molar-refractivity contribution in [3.63, 3.8) is 0 Å². The van der Waals surface area contributed by atoms with Gasteiger partial charge in [0, 0.05) is 12.5 Å². The maximum absolute atomic E-state index is 12.1. The molecule has 0 aromatic heterocycles. The smallest absolute Gasteiger partial charge is 0.229 e. The van der Waals surface area contributed by atoms with Crippen LogP contribution in [0.15, 0.2) is 0 Å². The Hall–Kier alpha value is -0.640. The standard InChI is InChI=1S/C24H46N2OS/c1-2-3-4-5-6-7-8-9-10-11-12-13-14-18-21-25-24(28)26-23(27)22-19-16-15-17-20-22/h22H,2-21H2,1H3,(H2,25,26,27,28). The molecule has 0 radical (unpaired) electrons. The van der Waals surface area contributed by atoms with E-state index >= 15 is 0 Å². The fourth-order valence-corrected chi connectivity index (χ4v) is 4.35. The Morgan fingerprint density at radius 2 is 1.21 bits per heavy atom. The second-order valence-electron chi connectivity index (χ2n) is 8.68. The fraction of sp³-hybridized carbons (Fsp3) is 0.917. The van der Waals surface area contributed by atoms with Gasteiger partial charge in [0.05, 0.1) is 0 Å². The summed E-state index contributed by atoms with van der Waals surface area (Å²) >= 11 is 5.26. The zero-order chi connectivity index (χ0) is 20.3. The molecule has 1 amide bonds. The van der Waals surface area contributed by atoms with Crippen molar-refractivity contribution in [1.82, 2.24) is 10.6 Å². The Morgan fingerprint density at radius 1 is 0.750 bits per heavy atom. The van der Waals surface area contributed by atoms with Crippen molar-refractivity contribution in [3.05, 3.63) is 0 Å². The summed E-state index contributed by atoms with van der Waals surface area (Å²) in [5.74, 6) is 0.299. The summed E-state index contributed by atoms with van der Waals surface area (Å²) in [5.41, 5.74) is 0. The highest BCUT2D eigenvalue weighted by Crippen LogP contribution is 2.23. The van der Waals surface area contributed by atoms with Gasteiger partial charge in [-0.15, -0.1) is 0 Å². The summed E-state index contributed by atoms with van der Waals surface area (Å²) < 4.78 is 0. The lowest BCUT2D eigenvalue weighted by atomic mass is 9.89. The van der Waals surface area contributed by atoms with Crippen LogP contribution < -0.4 is 10.6 Å². The molecule has 0 bridgehead atoms. The summed E-state index contributed by atoms with van der Waals surface area (Å²) in [6.07, 6.45) is 24.9. The third kappa shape index (κ3) is 14.4. The first-order valence-corrected chi connectivity index (χ1v) is 12.7. The Kier molecular flexibility index (Phi) is 16.7. The van der Waals surface area contributed by atoms with Crippen LogP contribution in [0.3, 0.4) is 0 Å². The predicted molar refractivity (Wildman–Crippen MR) is 126 cm³/mol. The van der Waals surface area contributed by atoms with Crippen LogP contribution in [0.4, 0.5) is 0 Å². The van der Waals surface area contributed by atoms with Crippen molar-refractivity contribution in [3.8, 4) is 0 Å². The Balaban J connectivity index is 1.80. The zero-order valence-electron chi connectivity index (χ0n) is 18.5. The van der Waals surface area contributed by atoms with E-state index in [1.54, 1.807) is 0 Å². The van der Waals surface area contributed by atoms with Crippen molar-refractivity contribution in [2.45, 2.75) is 129 Å². The number of amides is 1. The quantitative estimate of drug-likeness (QED) is 0.212. The molecule has 0 heterocycles. The molecule has 0 aliphatic heterocycles. The van der Waals surface area contributed by atoms with Crippen LogP contribution in [-0.4, -0.2) is 17.6 Å². The lowest BCUT2D eigenvalue weighted by molar-refractivity contribution is -0.124. The van der Waals surface area contributed by atoms with E-state index in [1.165, 1.54) is 103 Å². The highest BCUT2D eigenvalue weighted by molar-refractivity contribution is 7.80. The van der Waals surface area contributed by atoms with Gasteiger partial charge in [0.1, 0.15) is 0 Å². The Bertz CT molecular complexity index is 394. The molecule has 1 rings (SSSR count). The molecule has 1 aliphatic carbocycles. The van der Waals surface area contributed by atoms with Crippen LogP contribution in [0.2, 0.25) is 0 Å². The summed E-state index contributed by atoms with van der Waals surface area (Å²) in [6.45, 7) is 3.16. The zero-order valence-corrected chi connectivity index (χ0v) is 19.4. The van der Waals surface area contributed by atoms with E-state index in [9.17, 15) is 4.79 Å². The molecule has 4 heteroatoms. The van der Waals surface area contributed by atoms with E-state index in [0.717, 1.165) is 25.8 Å². The van der Waals surface area contributed by atoms with E-state index in [1.807, 2.05) is 0 Å². The first kappa shape index (κ1) is 25.4. The second kappa shape index (κ2) is 18.4. The molecule has 2 N–H and O–H groups in total. The summed E-state index contributed by atoms with van der Waals surface area (Å²) in [6, 6.07) is 0. The topological polar surface area (TPSA) is 41.1 Å². The van der Waals surface area contributed by atoms with Crippen molar-refractivity contribution in [1.29, 1.82) is 0 Å². The van der Waals surface area contributed by atoms with Gasteiger partial charge in [-0.2, -0.15) is 0 Å². The minimum absolute atomic E-state index is 0.123. The molecule has 0 aromatic carbocycles. The van der Waals surface area contributed by atoms with Crippen LogP contribution in [0, 0.1) is 5.92 Å². The first-order chi connectivity index (χ1) is 13.7. The van der Waals surface area contributed by atoms with E-state index in [-0.39, 0.29) is 11.8 Å². The molecule has 0 saturated heterocycles. The van der Waals surface area contributed by atoms with E-state index in [0.29, 0.717) is 5.11 Å². The Labute approximate surface area is 180 Å². The summed E-state index contributed by atoms with van der Waals surface area (Å²) in [7, 11) is 0. The third-order valence-corrected chi connectivity index (χ3v) is 6.27. The molecule has 164 valence electrons. The van der Waals surface area contributed by atoms with Gasteiger partial charge in [-0.05, 0) is 31.5 Å². The van der Waals surface area contributed by atoms with Gasteiger partial charge in [0.25, 0.3) is 0 Å².